The zero-order valence-corrected chi connectivity index (χ0v) is 12.2. The van der Waals surface area contributed by atoms with Crippen LogP contribution < -0.4 is 4.74 Å². The summed E-state index contributed by atoms with van der Waals surface area (Å²) < 4.78 is 10.7. The van der Waals surface area contributed by atoms with E-state index in [-0.39, 0.29) is 5.97 Å². The number of benzene rings is 1. The second-order valence-electron chi connectivity index (χ2n) is 3.67. The number of hydrogen-bond donors (Lipinski definition) is 1. The standard InChI is InChI=1S/C13H13NO3S2/c1-3-17-12(15)10-11(19-13(18)14-10)8-4-6-9(16-2)7-5-8/h4-7H,3H2,1-2H3,(H,14,18). The molecule has 2 aromatic rings. The van der Waals surface area contributed by atoms with Crippen molar-refractivity contribution >= 4 is 29.5 Å². The molecule has 0 radical (unpaired) electrons. The van der Waals surface area contributed by atoms with Gasteiger partial charge in [-0.1, -0.05) is 0 Å². The fourth-order valence-corrected chi connectivity index (χ4v) is 2.80. The molecule has 0 amide bonds. The highest BCUT2D eigenvalue weighted by molar-refractivity contribution is 7.73. The first kappa shape index (κ1) is 13.8. The Hall–Kier alpha value is -1.66. The average Bonchev–Trinajstić information content (AvgIpc) is 2.81. The van der Waals surface area contributed by atoms with Gasteiger partial charge in [0.2, 0.25) is 0 Å². The SMILES string of the molecule is CCOC(=O)c1[nH]c(=S)sc1-c1ccc(OC)cc1. The van der Waals surface area contributed by atoms with Gasteiger partial charge in [-0.25, -0.2) is 4.79 Å². The Labute approximate surface area is 120 Å². The van der Waals surface area contributed by atoms with Crippen molar-refractivity contribution in [1.29, 1.82) is 0 Å². The van der Waals surface area contributed by atoms with Crippen LogP contribution >= 0.6 is 23.6 Å². The second-order valence-corrected chi connectivity index (χ2v) is 5.35. The lowest BCUT2D eigenvalue weighted by molar-refractivity contribution is 0.0521. The predicted octanol–water partition coefficient (Wildman–Crippen LogP) is 3.66. The van der Waals surface area contributed by atoms with Crippen LogP contribution in [0.15, 0.2) is 24.3 Å². The number of nitrogens with one attached hydrogen (secondary N) is 1. The topological polar surface area (TPSA) is 51.3 Å². The van der Waals surface area contributed by atoms with Gasteiger partial charge in [-0.15, -0.1) is 11.3 Å². The number of rotatable bonds is 4. The molecule has 0 saturated carbocycles. The summed E-state index contributed by atoms with van der Waals surface area (Å²) >= 11 is 6.46. The van der Waals surface area contributed by atoms with Crippen LogP contribution in [0.2, 0.25) is 0 Å². The maximum Gasteiger partial charge on any atom is 0.356 e. The number of aromatic amines is 1. The lowest BCUT2D eigenvalue weighted by atomic mass is 10.1. The lowest BCUT2D eigenvalue weighted by Gasteiger charge is -2.04. The van der Waals surface area contributed by atoms with Gasteiger partial charge >= 0.3 is 5.97 Å². The van der Waals surface area contributed by atoms with Crippen molar-refractivity contribution in [2.75, 3.05) is 13.7 Å². The van der Waals surface area contributed by atoms with Crippen molar-refractivity contribution in [1.82, 2.24) is 4.98 Å². The van der Waals surface area contributed by atoms with Gasteiger partial charge < -0.3 is 14.5 Å². The van der Waals surface area contributed by atoms with E-state index in [0.717, 1.165) is 16.2 Å². The Morgan fingerprint density at radius 3 is 2.63 bits per heavy atom. The molecule has 0 atom stereocenters. The molecule has 4 nitrogen and oxygen atoms in total. The highest BCUT2D eigenvalue weighted by atomic mass is 32.1. The van der Waals surface area contributed by atoms with E-state index in [4.69, 9.17) is 21.7 Å². The first-order chi connectivity index (χ1) is 9.15. The highest BCUT2D eigenvalue weighted by Crippen LogP contribution is 2.30. The Balaban J connectivity index is 2.43. The van der Waals surface area contributed by atoms with E-state index in [1.807, 2.05) is 24.3 Å². The molecule has 1 heterocycles. The zero-order valence-electron chi connectivity index (χ0n) is 10.6. The van der Waals surface area contributed by atoms with Crippen molar-refractivity contribution in [3.05, 3.63) is 33.9 Å². The van der Waals surface area contributed by atoms with E-state index < -0.39 is 0 Å². The first-order valence-electron chi connectivity index (χ1n) is 5.70. The number of ether oxygens (including phenoxy) is 2. The molecule has 1 aromatic heterocycles. The summed E-state index contributed by atoms with van der Waals surface area (Å²) in [5.41, 5.74) is 1.31. The molecule has 1 N–H and O–H groups in total. The van der Waals surface area contributed by atoms with Crippen LogP contribution in [0.3, 0.4) is 0 Å². The summed E-state index contributed by atoms with van der Waals surface area (Å²) in [5, 5.41) is 0. The quantitative estimate of drug-likeness (QED) is 0.691. The third-order valence-electron chi connectivity index (χ3n) is 2.48. The molecule has 0 unspecified atom stereocenters. The van der Waals surface area contributed by atoms with Crippen molar-refractivity contribution in [2.24, 2.45) is 0 Å². The molecule has 0 spiro atoms. The van der Waals surface area contributed by atoms with Crippen LogP contribution in [0.4, 0.5) is 0 Å². The molecule has 100 valence electrons. The Bertz CT molecular complexity index is 628. The molecular formula is C13H13NO3S2. The normalized spacial score (nSPS) is 10.2. The summed E-state index contributed by atoms with van der Waals surface area (Å²) in [6, 6.07) is 7.45. The van der Waals surface area contributed by atoms with Gasteiger partial charge in [0.05, 0.1) is 18.6 Å². The minimum Gasteiger partial charge on any atom is -0.497 e. The third kappa shape index (κ3) is 3.02. The first-order valence-corrected chi connectivity index (χ1v) is 6.92. The van der Waals surface area contributed by atoms with Crippen LogP contribution in [-0.4, -0.2) is 24.7 Å². The second kappa shape index (κ2) is 5.99. The zero-order chi connectivity index (χ0) is 13.8. The molecule has 19 heavy (non-hydrogen) atoms. The third-order valence-corrected chi connectivity index (χ3v) is 3.76. The monoisotopic (exact) mass is 295 g/mol. The molecule has 0 saturated heterocycles. The molecule has 2 rings (SSSR count). The van der Waals surface area contributed by atoms with E-state index >= 15 is 0 Å². The molecule has 1 aromatic carbocycles. The molecule has 0 aliphatic carbocycles. The minimum atomic E-state index is -0.388. The smallest absolute Gasteiger partial charge is 0.356 e. The van der Waals surface area contributed by atoms with Gasteiger partial charge in [0.1, 0.15) is 11.4 Å². The number of H-pyrrole nitrogens is 1. The maximum absolute atomic E-state index is 11.9. The molecule has 0 fully saturated rings. The van der Waals surface area contributed by atoms with Gasteiger partial charge in [0, 0.05) is 0 Å². The van der Waals surface area contributed by atoms with E-state index in [9.17, 15) is 4.79 Å². The highest BCUT2D eigenvalue weighted by Gasteiger charge is 2.17. The maximum atomic E-state index is 11.9. The summed E-state index contributed by atoms with van der Waals surface area (Å²) in [5.74, 6) is 0.376. The average molecular weight is 295 g/mol. The van der Waals surface area contributed by atoms with Crippen molar-refractivity contribution < 1.29 is 14.3 Å². The fraction of sp³-hybridized carbons (Fsp3) is 0.231. The molecule has 0 aliphatic rings. The van der Waals surface area contributed by atoms with Crippen LogP contribution in [0.25, 0.3) is 10.4 Å². The molecule has 6 heteroatoms. The largest absolute Gasteiger partial charge is 0.497 e. The Morgan fingerprint density at radius 2 is 2.05 bits per heavy atom. The van der Waals surface area contributed by atoms with Gasteiger partial charge in [0.15, 0.2) is 3.95 Å². The summed E-state index contributed by atoms with van der Waals surface area (Å²) in [4.78, 5) is 15.5. The van der Waals surface area contributed by atoms with Crippen molar-refractivity contribution in [2.45, 2.75) is 6.92 Å². The number of carbonyl (C=O) groups excluding carboxylic acids is 1. The van der Waals surface area contributed by atoms with Gasteiger partial charge in [-0.3, -0.25) is 0 Å². The van der Waals surface area contributed by atoms with E-state index in [1.54, 1.807) is 14.0 Å². The van der Waals surface area contributed by atoms with E-state index in [2.05, 4.69) is 4.98 Å². The molecular weight excluding hydrogens is 282 g/mol. The van der Waals surface area contributed by atoms with Crippen LogP contribution in [0.1, 0.15) is 17.4 Å². The number of esters is 1. The van der Waals surface area contributed by atoms with Crippen molar-refractivity contribution in [3.63, 3.8) is 0 Å². The summed E-state index contributed by atoms with van der Waals surface area (Å²) in [6.45, 7) is 2.10. The lowest BCUT2D eigenvalue weighted by Crippen LogP contribution is -2.06. The minimum absolute atomic E-state index is 0.331. The Kier molecular flexibility index (Phi) is 4.34. The number of aromatic nitrogens is 1. The van der Waals surface area contributed by atoms with Crippen LogP contribution in [0.5, 0.6) is 5.75 Å². The summed E-state index contributed by atoms with van der Waals surface area (Å²) in [7, 11) is 1.61. The van der Waals surface area contributed by atoms with Gasteiger partial charge in [0.25, 0.3) is 0 Å². The van der Waals surface area contributed by atoms with Crippen molar-refractivity contribution in [3.8, 4) is 16.2 Å². The van der Waals surface area contributed by atoms with Gasteiger partial charge in [-0.2, -0.15) is 0 Å². The van der Waals surface area contributed by atoms with Gasteiger partial charge in [-0.05, 0) is 49.0 Å². The van der Waals surface area contributed by atoms with E-state index in [0.29, 0.717) is 16.3 Å². The predicted molar refractivity (Wildman–Crippen MR) is 77.4 cm³/mol. The fourth-order valence-electron chi connectivity index (χ4n) is 1.62. The number of carbonyl (C=O) groups is 1. The van der Waals surface area contributed by atoms with Crippen LogP contribution in [-0.2, 0) is 4.74 Å². The van der Waals surface area contributed by atoms with E-state index in [1.165, 1.54) is 11.3 Å². The van der Waals surface area contributed by atoms with Crippen LogP contribution in [0, 0.1) is 3.95 Å². The number of methoxy groups -OCH3 is 1. The summed E-state index contributed by atoms with van der Waals surface area (Å²) in [6.07, 6.45) is 0. The molecule has 0 bridgehead atoms. The molecule has 0 aliphatic heterocycles. The number of hydrogen-bond acceptors (Lipinski definition) is 5. The Morgan fingerprint density at radius 1 is 1.37 bits per heavy atom. The number of thiazole rings is 1.